The van der Waals surface area contributed by atoms with E-state index in [1.165, 1.54) is 10.4 Å². The molecule has 1 unspecified atom stereocenters. The maximum atomic E-state index is 9.85. The lowest BCUT2D eigenvalue weighted by Gasteiger charge is -2.43. The summed E-state index contributed by atoms with van der Waals surface area (Å²) < 4.78 is 6.80. The Kier molecular flexibility index (Phi) is 5.49. The Morgan fingerprint density at radius 2 is 1.42 bits per heavy atom. The van der Waals surface area contributed by atoms with Crippen LogP contribution in [-0.4, -0.2) is 37.3 Å². The number of aliphatic hydroxyl groups excluding tert-OH is 2. The summed E-state index contributed by atoms with van der Waals surface area (Å²) in [5.74, 6) is 0. The minimum absolute atomic E-state index is 0.0773. The Morgan fingerprint density at radius 3 is 1.81 bits per heavy atom. The highest BCUT2D eigenvalue weighted by atomic mass is 28.4. The maximum Gasteiger partial charge on any atom is 0.261 e. The van der Waals surface area contributed by atoms with E-state index in [-0.39, 0.29) is 5.04 Å². The lowest BCUT2D eigenvalue weighted by molar-refractivity contribution is 0.0601. The third-order valence-electron chi connectivity index (χ3n) is 5.16. The molecule has 0 saturated heterocycles. The molecule has 0 fully saturated rings. The van der Waals surface area contributed by atoms with E-state index in [1.807, 2.05) is 12.1 Å². The number of hydrogen-bond acceptors (Lipinski definition) is 3. The van der Waals surface area contributed by atoms with Crippen LogP contribution in [0, 0.1) is 0 Å². The van der Waals surface area contributed by atoms with Gasteiger partial charge >= 0.3 is 0 Å². The van der Waals surface area contributed by atoms with E-state index < -0.39 is 20.5 Å². The smallest absolute Gasteiger partial charge is 0.261 e. The minimum atomic E-state index is -2.56. The van der Waals surface area contributed by atoms with Gasteiger partial charge in [0.25, 0.3) is 8.32 Å². The van der Waals surface area contributed by atoms with E-state index in [9.17, 15) is 10.2 Å². The van der Waals surface area contributed by atoms with Gasteiger partial charge in [-0.3, -0.25) is 0 Å². The Labute approximate surface area is 157 Å². The zero-order valence-electron chi connectivity index (χ0n) is 15.7. The summed E-state index contributed by atoms with van der Waals surface area (Å²) in [6.07, 6.45) is 0.711. The first-order chi connectivity index (χ1) is 12.3. The van der Waals surface area contributed by atoms with Crippen molar-refractivity contribution in [2.75, 3.05) is 6.61 Å². The lowest BCUT2D eigenvalue weighted by Crippen LogP contribution is -2.66. The van der Waals surface area contributed by atoms with Crippen LogP contribution in [0.3, 0.4) is 0 Å². The maximum absolute atomic E-state index is 9.85. The SMILES string of the molecule is CC(C)(C)[Si](OCC1=C[C@@H](O)C(O)C1)(c1ccccc1)c1ccccc1. The highest BCUT2D eigenvalue weighted by molar-refractivity contribution is 6.99. The fraction of sp³-hybridized carbons (Fsp3) is 0.364. The van der Waals surface area contributed by atoms with Gasteiger partial charge in [0.2, 0.25) is 0 Å². The van der Waals surface area contributed by atoms with Crippen LogP contribution in [0.1, 0.15) is 27.2 Å². The molecule has 2 N–H and O–H groups in total. The second kappa shape index (κ2) is 7.49. The molecule has 1 aliphatic rings. The number of rotatable bonds is 5. The van der Waals surface area contributed by atoms with Crippen LogP contribution < -0.4 is 10.4 Å². The fourth-order valence-electron chi connectivity index (χ4n) is 3.88. The Balaban J connectivity index is 2.05. The Bertz CT molecular complexity index is 710. The fourth-order valence-corrected chi connectivity index (χ4v) is 8.44. The summed E-state index contributed by atoms with van der Waals surface area (Å²) in [6, 6.07) is 21.0. The molecule has 2 aromatic carbocycles. The van der Waals surface area contributed by atoms with Crippen LogP contribution in [0.25, 0.3) is 0 Å². The Hall–Kier alpha value is -1.72. The monoisotopic (exact) mass is 368 g/mol. The summed E-state index contributed by atoms with van der Waals surface area (Å²) in [5, 5.41) is 22.1. The number of hydrogen-bond donors (Lipinski definition) is 2. The topological polar surface area (TPSA) is 49.7 Å². The van der Waals surface area contributed by atoms with Crippen molar-refractivity contribution in [1.82, 2.24) is 0 Å². The molecule has 0 bridgehead atoms. The third-order valence-corrected chi connectivity index (χ3v) is 10.1. The van der Waals surface area contributed by atoms with E-state index in [0.29, 0.717) is 13.0 Å². The van der Waals surface area contributed by atoms with Crippen LogP contribution in [0.2, 0.25) is 5.04 Å². The van der Waals surface area contributed by atoms with Gasteiger partial charge in [-0.15, -0.1) is 0 Å². The average molecular weight is 369 g/mol. The quantitative estimate of drug-likeness (QED) is 0.630. The molecule has 4 heteroatoms. The van der Waals surface area contributed by atoms with Crippen molar-refractivity contribution in [3.05, 3.63) is 72.3 Å². The van der Waals surface area contributed by atoms with Gasteiger partial charge in [0.1, 0.15) is 0 Å². The highest BCUT2D eigenvalue weighted by Crippen LogP contribution is 2.37. The van der Waals surface area contributed by atoms with Gasteiger partial charge in [-0.1, -0.05) is 87.5 Å². The molecule has 0 spiro atoms. The van der Waals surface area contributed by atoms with Gasteiger partial charge in [0.05, 0.1) is 18.8 Å². The van der Waals surface area contributed by atoms with Gasteiger partial charge in [-0.2, -0.15) is 0 Å². The van der Waals surface area contributed by atoms with Crippen LogP contribution >= 0.6 is 0 Å². The largest absolute Gasteiger partial charge is 0.403 e. The molecule has 3 rings (SSSR count). The molecular formula is C22H28O3Si. The Morgan fingerprint density at radius 1 is 0.923 bits per heavy atom. The summed E-state index contributed by atoms with van der Waals surface area (Å²) in [6.45, 7) is 7.16. The molecule has 1 aliphatic carbocycles. The van der Waals surface area contributed by atoms with E-state index in [0.717, 1.165) is 5.57 Å². The summed E-state index contributed by atoms with van der Waals surface area (Å²) in [7, 11) is -2.56. The van der Waals surface area contributed by atoms with Crippen LogP contribution in [-0.2, 0) is 4.43 Å². The molecular weight excluding hydrogens is 340 g/mol. The standard InChI is InChI=1S/C22H28O3Si/c1-22(2,3)26(18-10-6-4-7-11-18,19-12-8-5-9-13-19)25-16-17-14-20(23)21(24)15-17/h4-14,20-21,23-24H,15-16H2,1-3H3/t20-,21?/m1/s1. The highest BCUT2D eigenvalue weighted by Gasteiger charge is 2.50. The lowest BCUT2D eigenvalue weighted by atomic mass is 10.2. The van der Waals surface area contributed by atoms with Gasteiger partial charge < -0.3 is 14.6 Å². The zero-order chi connectivity index (χ0) is 18.8. The molecule has 0 amide bonds. The number of aliphatic hydroxyl groups is 2. The van der Waals surface area contributed by atoms with Crippen molar-refractivity contribution in [3.63, 3.8) is 0 Å². The molecule has 138 valence electrons. The van der Waals surface area contributed by atoms with E-state index in [2.05, 4.69) is 69.3 Å². The first kappa shape index (κ1) is 19.0. The van der Waals surface area contributed by atoms with Gasteiger partial charge in [-0.05, 0) is 27.4 Å². The molecule has 26 heavy (non-hydrogen) atoms. The second-order valence-electron chi connectivity index (χ2n) is 8.04. The van der Waals surface area contributed by atoms with E-state index >= 15 is 0 Å². The van der Waals surface area contributed by atoms with Crippen molar-refractivity contribution in [2.45, 2.75) is 44.4 Å². The minimum Gasteiger partial charge on any atom is -0.403 e. The van der Waals surface area contributed by atoms with Crippen molar-refractivity contribution in [2.24, 2.45) is 0 Å². The van der Waals surface area contributed by atoms with Crippen molar-refractivity contribution in [1.29, 1.82) is 0 Å². The normalized spacial score (nSPS) is 20.9. The summed E-state index contributed by atoms with van der Waals surface area (Å²) in [4.78, 5) is 0. The second-order valence-corrected chi connectivity index (χ2v) is 12.3. The summed E-state index contributed by atoms with van der Waals surface area (Å²) in [5.41, 5.74) is 0.970. The van der Waals surface area contributed by atoms with Crippen molar-refractivity contribution < 1.29 is 14.6 Å². The van der Waals surface area contributed by atoms with Crippen LogP contribution in [0.5, 0.6) is 0 Å². The zero-order valence-corrected chi connectivity index (χ0v) is 16.7. The van der Waals surface area contributed by atoms with Crippen LogP contribution in [0.4, 0.5) is 0 Å². The first-order valence-corrected chi connectivity index (χ1v) is 11.1. The predicted molar refractivity (Wildman–Crippen MR) is 108 cm³/mol. The summed E-state index contributed by atoms with van der Waals surface area (Å²) >= 11 is 0. The van der Waals surface area contributed by atoms with Gasteiger partial charge in [-0.25, -0.2) is 0 Å². The molecule has 0 aliphatic heterocycles. The van der Waals surface area contributed by atoms with Crippen LogP contribution in [0.15, 0.2) is 72.3 Å². The van der Waals surface area contributed by atoms with E-state index in [4.69, 9.17) is 4.43 Å². The van der Waals surface area contributed by atoms with E-state index in [1.54, 1.807) is 6.08 Å². The average Bonchev–Trinajstić information content (AvgIpc) is 2.94. The molecule has 0 saturated carbocycles. The predicted octanol–water partition coefficient (Wildman–Crippen LogP) is 2.61. The van der Waals surface area contributed by atoms with Gasteiger partial charge in [0.15, 0.2) is 0 Å². The molecule has 2 atom stereocenters. The molecule has 3 nitrogen and oxygen atoms in total. The molecule has 2 aromatic rings. The number of benzene rings is 2. The molecule has 0 aromatic heterocycles. The molecule has 0 radical (unpaired) electrons. The first-order valence-electron chi connectivity index (χ1n) is 9.15. The third kappa shape index (κ3) is 3.55. The van der Waals surface area contributed by atoms with Crippen molar-refractivity contribution in [3.8, 4) is 0 Å². The molecule has 0 heterocycles. The van der Waals surface area contributed by atoms with Crippen molar-refractivity contribution >= 4 is 18.7 Å². The van der Waals surface area contributed by atoms with Gasteiger partial charge in [0, 0.05) is 0 Å².